The molecule has 2 saturated carbocycles. The Morgan fingerprint density at radius 3 is 2.44 bits per heavy atom. The van der Waals surface area contributed by atoms with Crippen molar-refractivity contribution in [3.8, 4) is 0 Å². The summed E-state index contributed by atoms with van der Waals surface area (Å²) in [7, 11) is 0. The van der Waals surface area contributed by atoms with Gasteiger partial charge in [-0.1, -0.05) is 0 Å². The van der Waals surface area contributed by atoms with Gasteiger partial charge >= 0.3 is 6.03 Å². The van der Waals surface area contributed by atoms with Crippen molar-refractivity contribution in [3.63, 3.8) is 0 Å². The summed E-state index contributed by atoms with van der Waals surface area (Å²) in [6, 6.07) is 3.64. The van der Waals surface area contributed by atoms with E-state index in [-0.39, 0.29) is 29.5 Å². The Hall–Kier alpha value is -4.33. The molecule has 0 aromatic carbocycles. The summed E-state index contributed by atoms with van der Waals surface area (Å²) in [5.74, 6) is -0.556. The maximum Gasteiger partial charge on any atom is 0.321 e. The predicted octanol–water partition coefficient (Wildman–Crippen LogP) is 4.09. The second-order valence-electron chi connectivity index (χ2n) is 9.68. The maximum atomic E-state index is 14.1. The smallest absolute Gasteiger partial charge is 0.321 e. The lowest BCUT2D eigenvalue weighted by Gasteiger charge is -2.30. The van der Waals surface area contributed by atoms with Gasteiger partial charge in [0, 0.05) is 42.0 Å². The van der Waals surface area contributed by atoms with Gasteiger partial charge in [-0.25, -0.2) is 23.7 Å². The molecule has 4 aromatic rings. The Labute approximate surface area is 226 Å². The number of halogens is 1. The third-order valence-corrected chi connectivity index (χ3v) is 7.41. The molecule has 0 aliphatic heterocycles. The molecule has 202 valence electrons. The van der Waals surface area contributed by atoms with Gasteiger partial charge in [-0.05, 0) is 44.6 Å². The topological polar surface area (TPSA) is 150 Å². The highest BCUT2D eigenvalue weighted by Crippen LogP contribution is 2.30. The molecule has 12 nitrogen and oxygen atoms in total. The van der Waals surface area contributed by atoms with Gasteiger partial charge in [-0.2, -0.15) is 0 Å². The number of rotatable bonds is 8. The van der Waals surface area contributed by atoms with Crippen LogP contribution in [0.1, 0.15) is 49.0 Å². The van der Waals surface area contributed by atoms with Crippen molar-refractivity contribution in [1.82, 2.24) is 29.9 Å². The number of thiazole rings is 1. The van der Waals surface area contributed by atoms with Crippen LogP contribution < -0.4 is 26.6 Å². The number of imidazole rings is 1. The molecule has 3 amide bonds. The van der Waals surface area contributed by atoms with Crippen molar-refractivity contribution in [1.29, 1.82) is 0 Å². The van der Waals surface area contributed by atoms with Crippen LogP contribution in [0.25, 0.3) is 5.65 Å². The highest BCUT2D eigenvalue weighted by molar-refractivity contribution is 7.13. The number of anilines is 4. The van der Waals surface area contributed by atoms with E-state index in [0.717, 1.165) is 50.4 Å². The summed E-state index contributed by atoms with van der Waals surface area (Å²) in [6.07, 6.45) is 11.0. The van der Waals surface area contributed by atoms with Crippen LogP contribution >= 0.6 is 11.3 Å². The highest BCUT2D eigenvalue weighted by atomic mass is 32.1. The molecule has 0 unspecified atom stereocenters. The van der Waals surface area contributed by atoms with E-state index in [4.69, 9.17) is 0 Å². The first-order valence-electron chi connectivity index (χ1n) is 12.8. The lowest BCUT2D eigenvalue weighted by molar-refractivity contribution is 0.102. The summed E-state index contributed by atoms with van der Waals surface area (Å²) >= 11 is 1.37. The summed E-state index contributed by atoms with van der Waals surface area (Å²) in [4.78, 5) is 37.5. The van der Waals surface area contributed by atoms with Crippen molar-refractivity contribution in [3.05, 3.63) is 53.8 Å². The van der Waals surface area contributed by atoms with Crippen molar-refractivity contribution in [2.45, 2.75) is 56.7 Å². The fourth-order valence-electron chi connectivity index (χ4n) is 4.61. The number of hydrogen-bond donors (Lipinski definition) is 5. The molecule has 0 spiro atoms. The summed E-state index contributed by atoms with van der Waals surface area (Å²) in [5, 5.41) is 22.4. The number of nitrogens with one attached hydrogen (secondary N) is 5. The molecule has 0 atom stereocenters. The summed E-state index contributed by atoms with van der Waals surface area (Å²) < 4.78 is 15.5. The van der Waals surface area contributed by atoms with Gasteiger partial charge < -0.3 is 21.3 Å². The molecule has 14 heteroatoms. The van der Waals surface area contributed by atoms with E-state index in [1.165, 1.54) is 34.3 Å². The zero-order valence-electron chi connectivity index (χ0n) is 20.9. The van der Waals surface area contributed by atoms with E-state index in [1.807, 2.05) is 11.4 Å². The van der Waals surface area contributed by atoms with E-state index in [1.54, 1.807) is 6.20 Å². The largest absolute Gasteiger partial charge is 0.379 e. The molecule has 39 heavy (non-hydrogen) atoms. The first-order valence-corrected chi connectivity index (χ1v) is 13.7. The molecule has 4 heterocycles. The molecular weight excluding hydrogens is 523 g/mol. The molecule has 5 N–H and O–H groups in total. The number of hydrogen-bond acceptors (Lipinski definition) is 9. The van der Waals surface area contributed by atoms with E-state index in [2.05, 4.69) is 46.6 Å². The SMILES string of the molecule is O=C(Nc1nccs1)NC1CCC(Nc2cc(NC3CC3)c3ncc(C(=O)Nc4ccncc4F)n3n2)CC1. The van der Waals surface area contributed by atoms with E-state index in [0.29, 0.717) is 22.6 Å². The second kappa shape index (κ2) is 10.8. The normalized spacial score (nSPS) is 18.9. The van der Waals surface area contributed by atoms with Gasteiger partial charge in [0.2, 0.25) is 0 Å². The molecule has 2 aliphatic carbocycles. The van der Waals surface area contributed by atoms with Crippen LogP contribution in [0.2, 0.25) is 0 Å². The minimum Gasteiger partial charge on any atom is -0.379 e. The number of fused-ring (bicyclic) bond motifs is 1. The fourth-order valence-corrected chi connectivity index (χ4v) is 5.13. The molecular formula is C25H27FN10O2S. The van der Waals surface area contributed by atoms with E-state index < -0.39 is 11.7 Å². The fraction of sp³-hybridized carbons (Fsp3) is 0.360. The first kappa shape index (κ1) is 25.0. The van der Waals surface area contributed by atoms with E-state index >= 15 is 0 Å². The molecule has 2 aliphatic rings. The lowest BCUT2D eigenvalue weighted by atomic mass is 9.91. The Kier molecular flexibility index (Phi) is 6.92. The van der Waals surface area contributed by atoms with Gasteiger partial charge in [-0.3, -0.25) is 15.1 Å². The van der Waals surface area contributed by atoms with E-state index in [9.17, 15) is 14.0 Å². The predicted molar refractivity (Wildman–Crippen MR) is 146 cm³/mol. The Morgan fingerprint density at radius 2 is 1.69 bits per heavy atom. The molecule has 4 aromatic heterocycles. The number of carbonyl (C=O) groups is 2. The Bertz CT molecular complexity index is 1480. The van der Waals surface area contributed by atoms with Crippen LogP contribution in [-0.2, 0) is 0 Å². The van der Waals surface area contributed by atoms with Crippen molar-refractivity contribution < 1.29 is 14.0 Å². The average molecular weight is 551 g/mol. The first-order chi connectivity index (χ1) is 19.0. The quantitative estimate of drug-likeness (QED) is 0.220. The summed E-state index contributed by atoms with van der Waals surface area (Å²) in [5.41, 5.74) is 1.51. The zero-order valence-corrected chi connectivity index (χ0v) is 21.7. The van der Waals surface area contributed by atoms with Gasteiger partial charge in [0.1, 0.15) is 5.82 Å². The van der Waals surface area contributed by atoms with Crippen LogP contribution in [0.4, 0.5) is 31.5 Å². The maximum absolute atomic E-state index is 14.1. The van der Waals surface area contributed by atoms with Crippen molar-refractivity contribution in [2.75, 3.05) is 21.3 Å². The Morgan fingerprint density at radius 1 is 0.923 bits per heavy atom. The summed E-state index contributed by atoms with van der Waals surface area (Å²) in [6.45, 7) is 0. The van der Waals surface area contributed by atoms with Gasteiger partial charge in [-0.15, -0.1) is 16.4 Å². The minimum absolute atomic E-state index is 0.0289. The third-order valence-electron chi connectivity index (χ3n) is 6.73. The van der Waals surface area contributed by atoms with Crippen molar-refractivity contribution in [2.24, 2.45) is 0 Å². The van der Waals surface area contributed by atoms with Crippen LogP contribution in [0, 0.1) is 5.82 Å². The number of amides is 3. The van der Waals surface area contributed by atoms with Gasteiger partial charge in [0.25, 0.3) is 5.91 Å². The standard InChI is InChI=1S/C25H27FN10O2S/c26-17-12-27-8-7-18(17)33-23(37)20-13-29-22-19(30-14-1-2-14)11-21(35-36(20)22)31-15-3-5-16(6-4-15)32-24(38)34-25-28-9-10-39-25/h7-16,30H,1-6H2,(H,31,35)(H,27,33,37)(H2,28,32,34,38). The minimum atomic E-state index is -0.628. The van der Waals surface area contributed by atoms with Crippen LogP contribution in [0.15, 0.2) is 42.3 Å². The number of pyridine rings is 1. The highest BCUT2D eigenvalue weighted by Gasteiger charge is 2.26. The number of urea groups is 1. The molecule has 0 saturated heterocycles. The third kappa shape index (κ3) is 5.90. The molecule has 0 radical (unpaired) electrons. The molecule has 0 bridgehead atoms. The van der Waals surface area contributed by atoms with Gasteiger partial charge in [0.15, 0.2) is 22.3 Å². The monoisotopic (exact) mass is 550 g/mol. The van der Waals surface area contributed by atoms with Crippen LogP contribution in [0.5, 0.6) is 0 Å². The lowest BCUT2D eigenvalue weighted by Crippen LogP contribution is -2.42. The number of nitrogens with zero attached hydrogens (tertiary/aromatic N) is 5. The zero-order chi connectivity index (χ0) is 26.8. The van der Waals surface area contributed by atoms with Gasteiger partial charge in [0.05, 0.1) is 23.8 Å². The number of aromatic nitrogens is 5. The molecule has 6 rings (SSSR count). The van der Waals surface area contributed by atoms with Crippen LogP contribution in [-0.4, -0.2) is 54.6 Å². The number of carbonyl (C=O) groups excluding carboxylic acids is 2. The van der Waals surface area contributed by atoms with Crippen molar-refractivity contribution >= 4 is 51.2 Å². The van der Waals surface area contributed by atoms with Crippen LogP contribution in [0.3, 0.4) is 0 Å². The second-order valence-corrected chi connectivity index (χ2v) is 10.6. The average Bonchev–Trinajstić information content (AvgIpc) is 3.39. The Balaban J connectivity index is 1.14. The molecule has 2 fully saturated rings.